The lowest BCUT2D eigenvalue weighted by Crippen LogP contribution is -2.46. The van der Waals surface area contributed by atoms with Crippen molar-refractivity contribution in [2.24, 2.45) is 0 Å². The Morgan fingerprint density at radius 1 is 1.05 bits per heavy atom. The Bertz CT molecular complexity index is 1500. The lowest BCUT2D eigenvalue weighted by Gasteiger charge is -2.35. The molecule has 0 radical (unpaired) electrons. The van der Waals surface area contributed by atoms with Gasteiger partial charge in [0.15, 0.2) is 34.5 Å². The number of halogens is 2. The summed E-state index contributed by atoms with van der Waals surface area (Å²) in [5, 5.41) is 3.70. The van der Waals surface area contributed by atoms with E-state index in [1.807, 2.05) is 18.2 Å². The zero-order valence-corrected chi connectivity index (χ0v) is 21.9. The van der Waals surface area contributed by atoms with Crippen LogP contribution in [-0.4, -0.2) is 62.6 Å². The number of anilines is 4. The predicted molar refractivity (Wildman–Crippen MR) is 145 cm³/mol. The normalized spacial score (nSPS) is 14.0. The van der Waals surface area contributed by atoms with E-state index >= 15 is 0 Å². The van der Waals surface area contributed by atoms with Crippen LogP contribution in [0.1, 0.15) is 23.0 Å². The third kappa shape index (κ3) is 5.05. The molecule has 0 aliphatic carbocycles. The highest BCUT2D eigenvalue weighted by molar-refractivity contribution is 6.10. The highest BCUT2D eigenvalue weighted by Crippen LogP contribution is 2.34. The molecule has 39 heavy (non-hydrogen) atoms. The smallest absolute Gasteiger partial charge is 0.234 e. The van der Waals surface area contributed by atoms with Crippen LogP contribution in [0.25, 0.3) is 11.0 Å². The maximum atomic E-state index is 14.8. The van der Waals surface area contributed by atoms with Gasteiger partial charge in [-0.25, -0.2) is 13.8 Å². The van der Waals surface area contributed by atoms with Crippen LogP contribution in [0.4, 0.5) is 31.7 Å². The van der Waals surface area contributed by atoms with Crippen LogP contribution in [0.15, 0.2) is 47.0 Å². The van der Waals surface area contributed by atoms with Crippen molar-refractivity contribution in [1.82, 2.24) is 9.88 Å². The number of benzene rings is 2. The van der Waals surface area contributed by atoms with Gasteiger partial charge in [-0.1, -0.05) is 6.92 Å². The van der Waals surface area contributed by atoms with Gasteiger partial charge in [-0.3, -0.25) is 4.79 Å². The topological polar surface area (TPSA) is 106 Å². The van der Waals surface area contributed by atoms with Crippen molar-refractivity contribution in [3.05, 3.63) is 65.6 Å². The second-order valence-corrected chi connectivity index (χ2v) is 9.15. The van der Waals surface area contributed by atoms with Crippen LogP contribution in [0, 0.1) is 11.6 Å². The fourth-order valence-corrected chi connectivity index (χ4v) is 4.65. The number of rotatable bonds is 8. The second-order valence-electron chi connectivity index (χ2n) is 9.15. The largest absolute Gasteiger partial charge is 0.494 e. The van der Waals surface area contributed by atoms with E-state index in [1.54, 1.807) is 6.07 Å². The van der Waals surface area contributed by atoms with Crippen molar-refractivity contribution >= 4 is 39.6 Å². The zero-order valence-electron chi connectivity index (χ0n) is 21.9. The van der Waals surface area contributed by atoms with Crippen molar-refractivity contribution in [1.29, 1.82) is 0 Å². The van der Waals surface area contributed by atoms with E-state index in [4.69, 9.17) is 19.6 Å². The Morgan fingerprint density at radius 2 is 1.74 bits per heavy atom. The van der Waals surface area contributed by atoms with Gasteiger partial charge >= 0.3 is 0 Å². The Balaban J connectivity index is 1.37. The maximum absolute atomic E-state index is 14.8. The zero-order chi connectivity index (χ0) is 27.7. The predicted octanol–water partition coefficient (Wildman–Crippen LogP) is 4.82. The summed E-state index contributed by atoms with van der Waals surface area (Å²) in [6.07, 6.45) is 1.42. The molecule has 3 N–H and O–H groups in total. The molecule has 0 atom stereocenters. The van der Waals surface area contributed by atoms with Crippen molar-refractivity contribution in [3.8, 4) is 11.5 Å². The number of methoxy groups -OCH3 is 2. The molecule has 204 valence electrons. The molecule has 9 nitrogen and oxygen atoms in total. The first-order valence-corrected chi connectivity index (χ1v) is 12.5. The summed E-state index contributed by atoms with van der Waals surface area (Å²) in [7, 11) is 2.42. The minimum absolute atomic E-state index is 0.260. The Kier molecular flexibility index (Phi) is 7.25. The third-order valence-electron chi connectivity index (χ3n) is 6.91. The molecule has 2 aromatic heterocycles. The lowest BCUT2D eigenvalue weighted by atomic mass is 10.1. The molecule has 0 saturated carbocycles. The van der Waals surface area contributed by atoms with E-state index in [0.29, 0.717) is 22.6 Å². The summed E-state index contributed by atoms with van der Waals surface area (Å²) in [6.45, 7) is 7.12. The number of pyridine rings is 1. The van der Waals surface area contributed by atoms with Crippen molar-refractivity contribution in [2.75, 3.05) is 62.9 Å². The number of hydrogen-bond acceptors (Lipinski definition) is 9. The summed E-state index contributed by atoms with van der Waals surface area (Å²) in [4.78, 5) is 22.1. The molecule has 0 amide bonds. The number of nitrogens with zero attached hydrogens (tertiary/aromatic N) is 3. The summed E-state index contributed by atoms with van der Waals surface area (Å²) in [5.74, 6) is -3.74. The number of ether oxygens (including phenoxy) is 2. The Morgan fingerprint density at radius 3 is 2.36 bits per heavy atom. The summed E-state index contributed by atoms with van der Waals surface area (Å²) in [6, 6.07) is 9.94. The first-order valence-electron chi connectivity index (χ1n) is 12.5. The SMILES string of the molecule is CCN1CCN(c2ccc(Nc3cc4cc(C(=O)c5c(F)c(OC)cc(OC)c5F)oc4cn3)c(N)c2)CC1. The van der Waals surface area contributed by atoms with Crippen LogP contribution in [-0.2, 0) is 0 Å². The van der Waals surface area contributed by atoms with E-state index in [9.17, 15) is 13.6 Å². The van der Waals surface area contributed by atoms with Crippen LogP contribution in [0.3, 0.4) is 0 Å². The van der Waals surface area contributed by atoms with Gasteiger partial charge in [0.2, 0.25) is 5.78 Å². The molecule has 0 spiro atoms. The van der Waals surface area contributed by atoms with Crippen molar-refractivity contribution in [2.45, 2.75) is 6.92 Å². The van der Waals surface area contributed by atoms with Gasteiger partial charge in [-0.2, -0.15) is 0 Å². The summed E-state index contributed by atoms with van der Waals surface area (Å²) in [5.41, 5.74) is 8.08. The molecule has 0 bridgehead atoms. The van der Waals surface area contributed by atoms with Gasteiger partial charge in [0.05, 0.1) is 31.8 Å². The minimum atomic E-state index is -1.15. The monoisotopic (exact) mass is 537 g/mol. The van der Waals surface area contributed by atoms with Crippen LogP contribution >= 0.6 is 0 Å². The minimum Gasteiger partial charge on any atom is -0.494 e. The number of aromatic nitrogens is 1. The molecule has 2 aromatic carbocycles. The number of piperazine rings is 1. The van der Waals surface area contributed by atoms with Gasteiger partial charge in [0.25, 0.3) is 0 Å². The lowest BCUT2D eigenvalue weighted by molar-refractivity contribution is 0.100. The number of carbonyl (C=O) groups is 1. The molecule has 5 rings (SSSR count). The van der Waals surface area contributed by atoms with Gasteiger partial charge in [0, 0.05) is 43.3 Å². The third-order valence-corrected chi connectivity index (χ3v) is 6.91. The van der Waals surface area contributed by atoms with Gasteiger partial charge < -0.3 is 34.7 Å². The number of nitrogens with one attached hydrogen (secondary N) is 1. The number of carbonyl (C=O) groups excluding carboxylic acids is 1. The molecule has 3 heterocycles. The van der Waals surface area contributed by atoms with Crippen molar-refractivity contribution in [3.63, 3.8) is 0 Å². The van der Waals surface area contributed by atoms with Crippen LogP contribution < -0.4 is 25.4 Å². The fraction of sp³-hybridized carbons (Fsp3) is 0.286. The number of hydrogen-bond donors (Lipinski definition) is 2. The van der Waals surface area contributed by atoms with Crippen molar-refractivity contribution < 1.29 is 27.5 Å². The van der Waals surface area contributed by atoms with Gasteiger partial charge in [-0.15, -0.1) is 0 Å². The Hall–Kier alpha value is -4.38. The van der Waals surface area contributed by atoms with E-state index < -0.39 is 23.0 Å². The van der Waals surface area contributed by atoms with Crippen LogP contribution in [0.2, 0.25) is 0 Å². The number of ketones is 1. The average molecular weight is 538 g/mol. The average Bonchev–Trinajstić information content (AvgIpc) is 3.38. The maximum Gasteiger partial charge on any atom is 0.234 e. The number of nitrogens with two attached hydrogens (primary N) is 1. The van der Waals surface area contributed by atoms with E-state index in [1.165, 1.54) is 26.5 Å². The standard InChI is InChI=1S/C28H29F2N5O4/c1-4-34-7-9-35(10-8-34)17-5-6-19(18(31)13-17)33-24-12-16-11-22(39-23(16)15-32-24)28(36)25-26(29)20(37-2)14-21(38-3)27(25)30/h5-6,11-15H,4,7-10,31H2,1-3H3,(H,32,33). The van der Waals surface area contributed by atoms with E-state index in [-0.39, 0.29) is 22.8 Å². The number of fused-ring (bicyclic) bond motifs is 1. The summed E-state index contributed by atoms with van der Waals surface area (Å²) < 4.78 is 45.1. The first kappa shape index (κ1) is 26.2. The number of likely N-dealkylation sites (N-methyl/N-ethyl adjacent to an activating group) is 1. The second kappa shape index (κ2) is 10.8. The Labute approximate surface area is 224 Å². The van der Waals surface area contributed by atoms with Gasteiger partial charge in [0.1, 0.15) is 11.4 Å². The highest BCUT2D eigenvalue weighted by Gasteiger charge is 2.28. The van der Waals surface area contributed by atoms with Crippen LogP contribution in [0.5, 0.6) is 11.5 Å². The molecule has 11 heteroatoms. The molecule has 0 unspecified atom stereocenters. The molecule has 1 aliphatic heterocycles. The molecule has 1 fully saturated rings. The van der Waals surface area contributed by atoms with E-state index in [2.05, 4.69) is 27.0 Å². The quantitative estimate of drug-likeness (QED) is 0.242. The number of nitrogen functional groups attached to an aromatic ring is 1. The molecule has 1 saturated heterocycles. The molecule has 1 aliphatic rings. The van der Waals surface area contributed by atoms with E-state index in [0.717, 1.165) is 44.5 Å². The molecular formula is C28H29F2N5O4. The number of furan rings is 1. The summed E-state index contributed by atoms with van der Waals surface area (Å²) >= 11 is 0. The first-order chi connectivity index (χ1) is 18.8. The highest BCUT2D eigenvalue weighted by atomic mass is 19.1. The molecular weight excluding hydrogens is 508 g/mol. The van der Waals surface area contributed by atoms with Gasteiger partial charge in [-0.05, 0) is 36.9 Å². The molecule has 4 aromatic rings. The fourth-order valence-electron chi connectivity index (χ4n) is 4.65.